The van der Waals surface area contributed by atoms with Crippen molar-refractivity contribution in [1.82, 2.24) is 0 Å². The summed E-state index contributed by atoms with van der Waals surface area (Å²) in [5.74, 6) is -0.932. The van der Waals surface area contributed by atoms with Crippen LogP contribution in [0.2, 0.25) is 0 Å². The molecule has 0 aromatic rings. The Morgan fingerprint density at radius 2 is 1.31 bits per heavy atom. The van der Waals surface area contributed by atoms with Gasteiger partial charge in [-0.05, 0) is 6.42 Å². The van der Waals surface area contributed by atoms with Crippen LogP contribution in [0.5, 0.6) is 0 Å². The summed E-state index contributed by atoms with van der Waals surface area (Å²) in [5.41, 5.74) is 0. The number of hydrogen-bond donors (Lipinski definition) is 1. The van der Waals surface area contributed by atoms with Gasteiger partial charge < -0.3 is 9.47 Å². The van der Waals surface area contributed by atoms with Crippen molar-refractivity contribution < 1.29 is 33.0 Å². The molecule has 0 aliphatic rings. The van der Waals surface area contributed by atoms with Crippen molar-refractivity contribution >= 4 is 20.2 Å². The molecule has 0 saturated heterocycles. The van der Waals surface area contributed by atoms with Gasteiger partial charge in [-0.2, -0.15) is 0 Å². The Kier molecular flexibility index (Phi) is 19.5. The summed E-state index contributed by atoms with van der Waals surface area (Å²) in [7, 11) is -2.79. The monoisotopic (exact) mass is 435 g/mol. The van der Waals surface area contributed by atoms with Crippen LogP contribution in [0.3, 0.4) is 0 Å². The van der Waals surface area contributed by atoms with Crippen molar-refractivity contribution in [1.29, 1.82) is 0 Å². The van der Waals surface area contributed by atoms with Crippen LogP contribution in [-0.4, -0.2) is 36.1 Å². The fourth-order valence-electron chi connectivity index (χ4n) is 3.01. The third-order valence-corrected chi connectivity index (χ3v) is 5.00. The molecule has 0 fully saturated rings. The lowest BCUT2D eigenvalue weighted by Gasteiger charge is -2.15. The van der Waals surface area contributed by atoms with Gasteiger partial charge in [0.1, 0.15) is 13.2 Å². The molecule has 0 aromatic carbocycles. The molecule has 8 heteroatoms. The van der Waals surface area contributed by atoms with E-state index in [4.69, 9.17) is 14.4 Å². The first kappa shape index (κ1) is 28.0. The van der Waals surface area contributed by atoms with Gasteiger partial charge in [-0.25, -0.2) is 0 Å². The van der Waals surface area contributed by atoms with E-state index in [1.54, 1.807) is 0 Å². The van der Waals surface area contributed by atoms with E-state index in [0.29, 0.717) is 0 Å². The number of carbonyl (C=O) groups is 2. The fraction of sp³-hybridized carbons (Fsp3) is 0.905. The van der Waals surface area contributed by atoms with Crippen molar-refractivity contribution in [2.45, 2.75) is 110 Å². The molecule has 0 aliphatic carbocycles. The van der Waals surface area contributed by atoms with E-state index in [9.17, 15) is 14.2 Å². The minimum absolute atomic E-state index is 0.192. The van der Waals surface area contributed by atoms with Crippen molar-refractivity contribution in [3.63, 3.8) is 0 Å². The van der Waals surface area contributed by atoms with Gasteiger partial charge in [0.15, 0.2) is 6.10 Å². The lowest BCUT2D eigenvalue weighted by atomic mass is 10.0. The van der Waals surface area contributed by atoms with Crippen LogP contribution < -0.4 is 0 Å². The molecule has 2 unspecified atom stereocenters. The van der Waals surface area contributed by atoms with E-state index in [2.05, 4.69) is 11.4 Å². The molecule has 170 valence electrons. The first-order chi connectivity index (χ1) is 14.0. The number of esters is 2. The van der Waals surface area contributed by atoms with Gasteiger partial charge in [-0.1, -0.05) is 84.0 Å². The van der Waals surface area contributed by atoms with Crippen LogP contribution in [0.1, 0.15) is 104 Å². The summed E-state index contributed by atoms with van der Waals surface area (Å²) in [6, 6.07) is 0. The van der Waals surface area contributed by atoms with Gasteiger partial charge >= 0.3 is 20.2 Å². The zero-order valence-electron chi connectivity index (χ0n) is 18.2. The van der Waals surface area contributed by atoms with Gasteiger partial charge in [0, 0.05) is 17.9 Å². The Morgan fingerprint density at radius 1 is 0.828 bits per heavy atom. The maximum absolute atomic E-state index is 11.9. The molecular weight excluding hydrogens is 395 g/mol. The molecule has 0 radical (unpaired) electrons. The van der Waals surface area contributed by atoms with Gasteiger partial charge in [0.05, 0.1) is 0 Å². The van der Waals surface area contributed by atoms with Crippen LogP contribution in [0.25, 0.3) is 0 Å². The number of unbranched alkanes of at least 4 members (excludes halogenated alkanes) is 12. The average Bonchev–Trinajstić information content (AvgIpc) is 2.67. The standard InChI is InChI=1S/C21H39O7P/c1-3-4-5-6-7-8-9-10-11-12-13-14-15-16-21(23)28-20(17-26-19(2)22)18-27-29(24)25/h20H,3-18H2,1-2H3/p+1. The van der Waals surface area contributed by atoms with E-state index in [1.807, 2.05) is 0 Å². The molecule has 7 nitrogen and oxygen atoms in total. The molecular formula is C21H40O7P+. The third-order valence-electron chi connectivity index (χ3n) is 4.63. The molecule has 0 amide bonds. The Morgan fingerprint density at radius 3 is 1.76 bits per heavy atom. The predicted molar refractivity (Wildman–Crippen MR) is 113 cm³/mol. The molecule has 1 N–H and O–H groups in total. The van der Waals surface area contributed by atoms with Crippen LogP contribution in [-0.2, 0) is 28.2 Å². The molecule has 0 bridgehead atoms. The summed E-state index contributed by atoms with van der Waals surface area (Å²) in [4.78, 5) is 31.4. The molecule has 0 aliphatic heterocycles. The topological polar surface area (TPSA) is 99.1 Å². The highest BCUT2D eigenvalue weighted by Crippen LogP contribution is 2.16. The fourth-order valence-corrected chi connectivity index (χ4v) is 3.30. The smallest absolute Gasteiger partial charge is 0.462 e. The Balaban J connectivity index is 3.64. The van der Waals surface area contributed by atoms with E-state index in [1.165, 1.54) is 71.1 Å². The lowest BCUT2D eigenvalue weighted by molar-refractivity contribution is -0.160. The van der Waals surface area contributed by atoms with Gasteiger partial charge in [0.2, 0.25) is 0 Å². The Labute approximate surface area is 176 Å². The van der Waals surface area contributed by atoms with E-state index < -0.39 is 26.3 Å². The molecule has 0 saturated carbocycles. The second-order valence-electron chi connectivity index (χ2n) is 7.44. The van der Waals surface area contributed by atoms with Crippen LogP contribution in [0, 0.1) is 0 Å². The number of ether oxygens (including phenoxy) is 2. The summed E-state index contributed by atoms with van der Waals surface area (Å²) in [6.45, 7) is 3.00. The van der Waals surface area contributed by atoms with Crippen molar-refractivity contribution in [3.05, 3.63) is 0 Å². The summed E-state index contributed by atoms with van der Waals surface area (Å²) in [6.07, 6.45) is 15.4. The number of hydrogen-bond acceptors (Lipinski definition) is 6. The predicted octanol–water partition coefficient (Wildman–Crippen LogP) is 5.61. The summed E-state index contributed by atoms with van der Waals surface area (Å²) >= 11 is 0. The van der Waals surface area contributed by atoms with Crippen LogP contribution in [0.15, 0.2) is 0 Å². The summed E-state index contributed by atoms with van der Waals surface area (Å²) in [5, 5.41) is 0. The minimum Gasteiger partial charge on any atom is -0.462 e. The highest BCUT2D eigenvalue weighted by atomic mass is 31.1. The van der Waals surface area contributed by atoms with Gasteiger partial charge in [0.25, 0.3) is 0 Å². The van der Waals surface area contributed by atoms with Crippen molar-refractivity contribution in [3.8, 4) is 0 Å². The van der Waals surface area contributed by atoms with Crippen LogP contribution in [0.4, 0.5) is 0 Å². The molecule has 0 rings (SSSR count). The second-order valence-corrected chi connectivity index (χ2v) is 8.17. The lowest BCUT2D eigenvalue weighted by Crippen LogP contribution is -2.28. The second kappa shape index (κ2) is 20.2. The first-order valence-electron chi connectivity index (χ1n) is 11.1. The van der Waals surface area contributed by atoms with Gasteiger partial charge in [-0.3, -0.25) is 9.59 Å². The molecule has 0 spiro atoms. The first-order valence-corrected chi connectivity index (χ1v) is 12.2. The minimum atomic E-state index is -2.79. The summed E-state index contributed by atoms with van der Waals surface area (Å²) < 4.78 is 25.1. The molecule has 0 aromatic heterocycles. The Bertz CT molecular complexity index is 425. The molecule has 0 heterocycles. The zero-order chi connectivity index (χ0) is 21.7. The van der Waals surface area contributed by atoms with Crippen LogP contribution >= 0.6 is 8.25 Å². The van der Waals surface area contributed by atoms with Crippen molar-refractivity contribution in [2.24, 2.45) is 0 Å². The number of carbonyl (C=O) groups excluding carboxylic acids is 2. The van der Waals surface area contributed by atoms with E-state index >= 15 is 0 Å². The average molecular weight is 436 g/mol. The highest BCUT2D eigenvalue weighted by Gasteiger charge is 2.22. The maximum atomic E-state index is 11.9. The highest BCUT2D eigenvalue weighted by molar-refractivity contribution is 7.32. The quantitative estimate of drug-likeness (QED) is 0.151. The molecule has 2 atom stereocenters. The zero-order valence-corrected chi connectivity index (χ0v) is 19.1. The number of rotatable bonds is 20. The molecule has 29 heavy (non-hydrogen) atoms. The normalized spacial score (nSPS) is 12.4. The van der Waals surface area contributed by atoms with E-state index in [0.717, 1.165) is 19.3 Å². The van der Waals surface area contributed by atoms with E-state index in [-0.39, 0.29) is 19.6 Å². The maximum Gasteiger partial charge on any atom is 0.694 e. The third kappa shape index (κ3) is 21.5. The SMILES string of the molecule is CCCCCCCCCCCCCCCC(=O)OC(COC(C)=O)CO[P+](=O)O. The largest absolute Gasteiger partial charge is 0.694 e. The Hall–Kier alpha value is -1.04. The van der Waals surface area contributed by atoms with Gasteiger partial charge in [-0.15, -0.1) is 9.42 Å². The van der Waals surface area contributed by atoms with Crippen molar-refractivity contribution in [2.75, 3.05) is 13.2 Å².